The van der Waals surface area contributed by atoms with E-state index in [2.05, 4.69) is 17.1 Å². The second-order valence-electron chi connectivity index (χ2n) is 4.11. The highest BCUT2D eigenvalue weighted by Crippen LogP contribution is 2.23. The predicted octanol–water partition coefficient (Wildman–Crippen LogP) is 3.88. The van der Waals surface area contributed by atoms with Gasteiger partial charge in [0.1, 0.15) is 5.82 Å². The highest BCUT2D eigenvalue weighted by Gasteiger charge is 2.14. The van der Waals surface area contributed by atoms with Crippen LogP contribution in [0.1, 0.15) is 42.4 Å². The summed E-state index contributed by atoms with van der Waals surface area (Å²) in [4.78, 5) is 4.24. The number of alkyl halides is 1. The fourth-order valence-electron chi connectivity index (χ4n) is 1.63. The number of aromatic nitrogens is 2. The van der Waals surface area contributed by atoms with Crippen LogP contribution < -0.4 is 0 Å². The van der Waals surface area contributed by atoms with Crippen molar-refractivity contribution in [3.05, 3.63) is 47.4 Å². The number of rotatable bonds is 5. The molecule has 0 spiro atoms. The van der Waals surface area contributed by atoms with Crippen molar-refractivity contribution in [2.75, 3.05) is 0 Å². The highest BCUT2D eigenvalue weighted by atomic mass is 35.5. The monoisotopic (exact) mass is 268 g/mol. The van der Waals surface area contributed by atoms with E-state index in [9.17, 15) is 4.39 Å². The molecule has 0 aliphatic carbocycles. The molecule has 18 heavy (non-hydrogen) atoms. The molecule has 1 aromatic heterocycles. The minimum Gasteiger partial charge on any atom is -0.339 e. The van der Waals surface area contributed by atoms with E-state index in [-0.39, 0.29) is 11.2 Å². The molecule has 1 unspecified atom stereocenters. The number of benzene rings is 1. The van der Waals surface area contributed by atoms with Gasteiger partial charge >= 0.3 is 0 Å². The standard InChI is InChI=1S/C13H14ClFN2O/c1-2-3-11(14)13-16-12(18-17-13)8-9-4-6-10(15)7-5-9/h4-7,11H,2-3,8H2,1H3. The Morgan fingerprint density at radius 3 is 2.72 bits per heavy atom. The van der Waals surface area contributed by atoms with E-state index >= 15 is 0 Å². The second-order valence-corrected chi connectivity index (χ2v) is 4.63. The summed E-state index contributed by atoms with van der Waals surface area (Å²) in [7, 11) is 0. The first-order valence-corrected chi connectivity index (χ1v) is 6.33. The van der Waals surface area contributed by atoms with Crippen LogP contribution in [0.4, 0.5) is 4.39 Å². The number of nitrogens with zero attached hydrogens (tertiary/aromatic N) is 2. The van der Waals surface area contributed by atoms with Gasteiger partial charge in [0, 0.05) is 0 Å². The zero-order valence-corrected chi connectivity index (χ0v) is 10.8. The topological polar surface area (TPSA) is 38.9 Å². The minimum absolute atomic E-state index is 0.208. The van der Waals surface area contributed by atoms with Crippen molar-refractivity contribution in [1.29, 1.82) is 0 Å². The van der Waals surface area contributed by atoms with E-state index in [0.717, 1.165) is 18.4 Å². The quantitative estimate of drug-likeness (QED) is 0.773. The van der Waals surface area contributed by atoms with Crippen LogP contribution in [-0.4, -0.2) is 10.1 Å². The predicted molar refractivity (Wildman–Crippen MR) is 67.0 cm³/mol. The normalized spacial score (nSPS) is 12.6. The Kier molecular flexibility index (Phi) is 4.31. The van der Waals surface area contributed by atoms with Gasteiger partial charge in [-0.3, -0.25) is 0 Å². The summed E-state index contributed by atoms with van der Waals surface area (Å²) in [6.45, 7) is 2.05. The number of halogens is 2. The van der Waals surface area contributed by atoms with Gasteiger partial charge in [-0.15, -0.1) is 11.6 Å². The molecule has 0 bridgehead atoms. The summed E-state index contributed by atoms with van der Waals surface area (Å²) in [6.07, 6.45) is 2.27. The zero-order chi connectivity index (χ0) is 13.0. The van der Waals surface area contributed by atoms with Gasteiger partial charge in [0.15, 0.2) is 5.82 Å². The van der Waals surface area contributed by atoms with Crippen LogP contribution in [0.15, 0.2) is 28.8 Å². The first-order chi connectivity index (χ1) is 8.69. The lowest BCUT2D eigenvalue weighted by Gasteiger charge is -1.99. The first kappa shape index (κ1) is 13.0. The van der Waals surface area contributed by atoms with Crippen LogP contribution in [0, 0.1) is 5.82 Å². The van der Waals surface area contributed by atoms with Crippen molar-refractivity contribution < 1.29 is 8.91 Å². The van der Waals surface area contributed by atoms with Crippen LogP contribution in [0.5, 0.6) is 0 Å². The van der Waals surface area contributed by atoms with Crippen LogP contribution in [0.3, 0.4) is 0 Å². The third-order valence-electron chi connectivity index (χ3n) is 2.57. The fourth-order valence-corrected chi connectivity index (χ4v) is 1.93. The minimum atomic E-state index is -0.256. The molecule has 96 valence electrons. The van der Waals surface area contributed by atoms with Gasteiger partial charge in [-0.2, -0.15) is 4.98 Å². The average Bonchev–Trinajstić information content (AvgIpc) is 2.81. The molecule has 1 heterocycles. The largest absolute Gasteiger partial charge is 0.339 e. The number of hydrogen-bond donors (Lipinski definition) is 0. The molecule has 1 atom stereocenters. The molecular weight excluding hydrogens is 255 g/mol. The summed E-state index contributed by atoms with van der Waals surface area (Å²) in [5.41, 5.74) is 0.924. The summed E-state index contributed by atoms with van der Waals surface area (Å²) < 4.78 is 17.9. The van der Waals surface area contributed by atoms with E-state index in [4.69, 9.17) is 16.1 Å². The zero-order valence-electron chi connectivity index (χ0n) is 10.1. The maximum atomic E-state index is 12.8. The Morgan fingerprint density at radius 1 is 1.33 bits per heavy atom. The summed E-state index contributed by atoms with van der Waals surface area (Å²) in [5.74, 6) is 0.766. The van der Waals surface area contributed by atoms with E-state index in [1.54, 1.807) is 12.1 Å². The molecule has 0 radical (unpaired) electrons. The Hall–Kier alpha value is -1.42. The molecule has 1 aromatic carbocycles. The molecule has 5 heteroatoms. The lowest BCUT2D eigenvalue weighted by molar-refractivity contribution is 0.378. The Bertz CT molecular complexity index is 498. The third kappa shape index (κ3) is 3.29. The molecule has 0 aliphatic heterocycles. The maximum Gasteiger partial charge on any atom is 0.231 e. The molecule has 2 aromatic rings. The lowest BCUT2D eigenvalue weighted by Crippen LogP contribution is -1.94. The highest BCUT2D eigenvalue weighted by molar-refractivity contribution is 6.20. The Balaban J connectivity index is 2.04. The van der Waals surface area contributed by atoms with Crippen molar-refractivity contribution in [2.45, 2.75) is 31.6 Å². The van der Waals surface area contributed by atoms with E-state index in [1.165, 1.54) is 12.1 Å². The van der Waals surface area contributed by atoms with Gasteiger partial charge in [0.2, 0.25) is 5.89 Å². The van der Waals surface area contributed by atoms with E-state index < -0.39 is 0 Å². The van der Waals surface area contributed by atoms with Gasteiger partial charge in [0.05, 0.1) is 11.8 Å². The third-order valence-corrected chi connectivity index (χ3v) is 2.99. The van der Waals surface area contributed by atoms with Crippen LogP contribution >= 0.6 is 11.6 Å². The van der Waals surface area contributed by atoms with Crippen LogP contribution in [0.2, 0.25) is 0 Å². The van der Waals surface area contributed by atoms with Gasteiger partial charge in [-0.05, 0) is 24.1 Å². The Morgan fingerprint density at radius 2 is 2.06 bits per heavy atom. The van der Waals surface area contributed by atoms with Crippen molar-refractivity contribution in [2.24, 2.45) is 0 Å². The van der Waals surface area contributed by atoms with Gasteiger partial charge in [0.25, 0.3) is 0 Å². The second kappa shape index (κ2) is 5.96. The molecule has 0 fully saturated rings. The Labute approximate surface area is 110 Å². The molecule has 0 saturated carbocycles. The average molecular weight is 269 g/mol. The van der Waals surface area contributed by atoms with Crippen molar-refractivity contribution in [1.82, 2.24) is 10.1 Å². The SMILES string of the molecule is CCCC(Cl)c1noc(Cc2ccc(F)cc2)n1. The van der Waals surface area contributed by atoms with Crippen LogP contribution in [0.25, 0.3) is 0 Å². The molecule has 3 nitrogen and oxygen atoms in total. The van der Waals surface area contributed by atoms with Crippen LogP contribution in [-0.2, 0) is 6.42 Å². The van der Waals surface area contributed by atoms with Crippen molar-refractivity contribution >= 4 is 11.6 Å². The van der Waals surface area contributed by atoms with E-state index in [1.807, 2.05) is 0 Å². The van der Waals surface area contributed by atoms with E-state index in [0.29, 0.717) is 18.1 Å². The maximum absolute atomic E-state index is 12.8. The summed E-state index contributed by atoms with van der Waals surface area (Å²) in [5, 5.41) is 3.65. The fraction of sp³-hybridized carbons (Fsp3) is 0.385. The molecule has 0 amide bonds. The molecule has 0 aliphatic rings. The summed E-state index contributed by atoms with van der Waals surface area (Å²) in [6, 6.07) is 6.22. The molecule has 0 saturated heterocycles. The molecule has 0 N–H and O–H groups in total. The summed E-state index contributed by atoms with van der Waals surface area (Å²) >= 11 is 6.11. The smallest absolute Gasteiger partial charge is 0.231 e. The van der Waals surface area contributed by atoms with Gasteiger partial charge < -0.3 is 4.52 Å². The lowest BCUT2D eigenvalue weighted by atomic mass is 10.1. The van der Waals surface area contributed by atoms with Gasteiger partial charge in [-0.25, -0.2) is 4.39 Å². The van der Waals surface area contributed by atoms with Gasteiger partial charge in [-0.1, -0.05) is 30.6 Å². The van der Waals surface area contributed by atoms with Crippen molar-refractivity contribution in [3.8, 4) is 0 Å². The molecular formula is C13H14ClFN2O. The van der Waals surface area contributed by atoms with Crippen molar-refractivity contribution in [3.63, 3.8) is 0 Å². The molecule has 2 rings (SSSR count). The first-order valence-electron chi connectivity index (χ1n) is 5.90. The number of hydrogen-bond acceptors (Lipinski definition) is 3.